The molecule has 1 heterocycles. The lowest BCUT2D eigenvalue weighted by molar-refractivity contribution is 0.496. The van der Waals surface area contributed by atoms with E-state index in [9.17, 15) is 13.2 Å². The molecular weight excluding hydrogens is 263 g/mol. The van der Waals surface area contributed by atoms with Crippen molar-refractivity contribution in [2.75, 3.05) is 11.9 Å². The minimum absolute atomic E-state index is 0.0871. The first kappa shape index (κ1) is 12.8. The number of aromatic nitrogens is 2. The summed E-state index contributed by atoms with van der Waals surface area (Å²) in [4.78, 5) is 0. The first-order chi connectivity index (χ1) is 8.61. The molecule has 0 aliphatic heterocycles. The SMILES string of the molecule is CCCNc1nnc(-c2cc(F)c(F)cc2F)s1. The Balaban J connectivity index is 2.31. The van der Waals surface area contributed by atoms with Crippen LogP contribution >= 0.6 is 11.3 Å². The summed E-state index contributed by atoms with van der Waals surface area (Å²) in [5.41, 5.74) is -0.0871. The molecule has 0 spiro atoms. The number of hydrogen-bond donors (Lipinski definition) is 1. The highest BCUT2D eigenvalue weighted by molar-refractivity contribution is 7.18. The Morgan fingerprint density at radius 2 is 1.83 bits per heavy atom. The van der Waals surface area contributed by atoms with Gasteiger partial charge in [0.2, 0.25) is 5.13 Å². The van der Waals surface area contributed by atoms with E-state index in [1.54, 1.807) is 0 Å². The third-order valence-electron chi connectivity index (χ3n) is 2.19. The van der Waals surface area contributed by atoms with Gasteiger partial charge < -0.3 is 5.32 Å². The highest BCUT2D eigenvalue weighted by atomic mass is 32.1. The van der Waals surface area contributed by atoms with Gasteiger partial charge in [0, 0.05) is 12.6 Å². The normalized spacial score (nSPS) is 10.7. The first-order valence-corrected chi connectivity index (χ1v) is 6.15. The molecule has 18 heavy (non-hydrogen) atoms. The minimum Gasteiger partial charge on any atom is -0.360 e. The van der Waals surface area contributed by atoms with Crippen LogP contribution in [0.4, 0.5) is 18.3 Å². The van der Waals surface area contributed by atoms with Crippen LogP contribution in [0.2, 0.25) is 0 Å². The van der Waals surface area contributed by atoms with Gasteiger partial charge in [0.15, 0.2) is 16.6 Å². The number of anilines is 1. The number of nitrogens with one attached hydrogen (secondary N) is 1. The Kier molecular flexibility index (Phi) is 3.81. The van der Waals surface area contributed by atoms with E-state index >= 15 is 0 Å². The average Bonchev–Trinajstić information content (AvgIpc) is 2.79. The third kappa shape index (κ3) is 2.61. The minimum atomic E-state index is -1.22. The second kappa shape index (κ2) is 5.34. The van der Waals surface area contributed by atoms with Crippen molar-refractivity contribution in [3.63, 3.8) is 0 Å². The smallest absolute Gasteiger partial charge is 0.206 e. The predicted octanol–water partition coefficient (Wildman–Crippen LogP) is 3.44. The van der Waals surface area contributed by atoms with Crippen molar-refractivity contribution in [3.8, 4) is 10.6 Å². The molecule has 2 rings (SSSR count). The van der Waals surface area contributed by atoms with E-state index in [4.69, 9.17) is 0 Å². The molecule has 1 aromatic carbocycles. The maximum atomic E-state index is 13.5. The molecular formula is C11H10F3N3S. The molecule has 0 atom stereocenters. The molecule has 0 saturated carbocycles. The van der Waals surface area contributed by atoms with Gasteiger partial charge in [-0.15, -0.1) is 10.2 Å². The van der Waals surface area contributed by atoms with Crippen LogP contribution in [0.5, 0.6) is 0 Å². The monoisotopic (exact) mass is 273 g/mol. The predicted molar refractivity (Wildman–Crippen MR) is 64.0 cm³/mol. The van der Waals surface area contributed by atoms with Gasteiger partial charge >= 0.3 is 0 Å². The zero-order valence-electron chi connectivity index (χ0n) is 9.51. The zero-order chi connectivity index (χ0) is 13.1. The fourth-order valence-corrected chi connectivity index (χ4v) is 2.11. The molecule has 0 unspecified atom stereocenters. The van der Waals surface area contributed by atoms with E-state index in [1.165, 1.54) is 0 Å². The molecule has 1 N–H and O–H groups in total. The topological polar surface area (TPSA) is 37.8 Å². The molecule has 7 heteroatoms. The second-order valence-electron chi connectivity index (χ2n) is 3.59. The lowest BCUT2D eigenvalue weighted by atomic mass is 10.2. The fraction of sp³-hybridized carbons (Fsp3) is 0.273. The molecule has 3 nitrogen and oxygen atoms in total. The summed E-state index contributed by atoms with van der Waals surface area (Å²) in [6.07, 6.45) is 0.911. The average molecular weight is 273 g/mol. The van der Waals surface area contributed by atoms with Crippen molar-refractivity contribution < 1.29 is 13.2 Å². The van der Waals surface area contributed by atoms with E-state index < -0.39 is 17.5 Å². The van der Waals surface area contributed by atoms with Gasteiger partial charge in [-0.2, -0.15) is 0 Å². The van der Waals surface area contributed by atoms with Gasteiger partial charge in [-0.25, -0.2) is 13.2 Å². The van der Waals surface area contributed by atoms with E-state index in [2.05, 4.69) is 15.5 Å². The van der Waals surface area contributed by atoms with Gasteiger partial charge in [0.25, 0.3) is 0 Å². The Morgan fingerprint density at radius 1 is 1.11 bits per heavy atom. The molecule has 0 fully saturated rings. The van der Waals surface area contributed by atoms with Crippen LogP contribution in [-0.4, -0.2) is 16.7 Å². The Bertz CT molecular complexity index is 556. The molecule has 1 aromatic heterocycles. The van der Waals surface area contributed by atoms with Crippen molar-refractivity contribution >= 4 is 16.5 Å². The van der Waals surface area contributed by atoms with Gasteiger partial charge in [0.05, 0.1) is 5.56 Å². The van der Waals surface area contributed by atoms with Crippen molar-refractivity contribution in [2.45, 2.75) is 13.3 Å². The quantitative estimate of drug-likeness (QED) is 0.867. The van der Waals surface area contributed by atoms with E-state index in [-0.39, 0.29) is 10.6 Å². The summed E-state index contributed by atoms with van der Waals surface area (Å²) in [7, 11) is 0. The first-order valence-electron chi connectivity index (χ1n) is 5.34. The third-order valence-corrected chi connectivity index (χ3v) is 3.11. The lowest BCUT2D eigenvalue weighted by Crippen LogP contribution is -1.98. The van der Waals surface area contributed by atoms with Crippen LogP contribution in [0.25, 0.3) is 10.6 Å². The van der Waals surface area contributed by atoms with Gasteiger partial charge in [-0.05, 0) is 12.5 Å². The molecule has 2 aromatic rings. The van der Waals surface area contributed by atoms with E-state index in [1.807, 2.05) is 6.92 Å². The van der Waals surface area contributed by atoms with Gasteiger partial charge in [-0.3, -0.25) is 0 Å². The number of nitrogens with zero attached hydrogens (tertiary/aromatic N) is 2. The van der Waals surface area contributed by atoms with Crippen LogP contribution in [0.1, 0.15) is 13.3 Å². The standard InChI is InChI=1S/C11H10F3N3S/c1-2-3-15-11-17-16-10(18-11)6-4-8(13)9(14)5-7(6)12/h4-5H,2-3H2,1H3,(H,15,17). The van der Waals surface area contributed by atoms with Crippen LogP contribution < -0.4 is 5.32 Å². The van der Waals surface area contributed by atoms with Crippen LogP contribution in [-0.2, 0) is 0 Å². The van der Waals surface area contributed by atoms with E-state index in [0.29, 0.717) is 11.2 Å². The highest BCUT2D eigenvalue weighted by Gasteiger charge is 2.15. The molecule has 0 aliphatic rings. The van der Waals surface area contributed by atoms with Crippen LogP contribution in [0.3, 0.4) is 0 Å². The van der Waals surface area contributed by atoms with Crippen molar-refractivity contribution in [2.24, 2.45) is 0 Å². The lowest BCUT2D eigenvalue weighted by Gasteiger charge is -1.99. The fourth-order valence-electron chi connectivity index (χ4n) is 1.32. The number of benzene rings is 1. The Morgan fingerprint density at radius 3 is 2.56 bits per heavy atom. The maximum Gasteiger partial charge on any atom is 0.206 e. The summed E-state index contributed by atoms with van der Waals surface area (Å²) < 4.78 is 39.3. The largest absolute Gasteiger partial charge is 0.360 e. The zero-order valence-corrected chi connectivity index (χ0v) is 10.3. The summed E-state index contributed by atoms with van der Waals surface area (Å²) in [6.45, 7) is 2.71. The highest BCUT2D eigenvalue weighted by Crippen LogP contribution is 2.29. The molecule has 0 radical (unpaired) electrons. The molecule has 0 aliphatic carbocycles. The molecule has 96 valence electrons. The summed E-state index contributed by atoms with van der Waals surface area (Å²) in [6, 6.07) is 1.29. The van der Waals surface area contributed by atoms with Crippen LogP contribution in [0, 0.1) is 17.5 Å². The Labute approximate surface area is 106 Å². The van der Waals surface area contributed by atoms with Crippen molar-refractivity contribution in [1.29, 1.82) is 0 Å². The molecule has 0 bridgehead atoms. The van der Waals surface area contributed by atoms with E-state index in [0.717, 1.165) is 30.4 Å². The number of rotatable bonds is 4. The summed E-state index contributed by atoms with van der Waals surface area (Å²) >= 11 is 1.09. The van der Waals surface area contributed by atoms with Crippen molar-refractivity contribution in [3.05, 3.63) is 29.6 Å². The van der Waals surface area contributed by atoms with Gasteiger partial charge in [-0.1, -0.05) is 18.3 Å². The molecule has 0 amide bonds. The number of halogens is 3. The second-order valence-corrected chi connectivity index (χ2v) is 4.56. The summed E-state index contributed by atoms with van der Waals surface area (Å²) in [5, 5.41) is 11.3. The molecule has 0 saturated heterocycles. The summed E-state index contributed by atoms with van der Waals surface area (Å²) in [5.74, 6) is -3.18. The van der Waals surface area contributed by atoms with Crippen molar-refractivity contribution in [1.82, 2.24) is 10.2 Å². The van der Waals surface area contributed by atoms with Crippen LogP contribution in [0.15, 0.2) is 12.1 Å². The number of hydrogen-bond acceptors (Lipinski definition) is 4. The maximum absolute atomic E-state index is 13.5. The Hall–Kier alpha value is -1.63. The van der Waals surface area contributed by atoms with Gasteiger partial charge in [0.1, 0.15) is 5.82 Å².